The standard InChI is InChI=1S/C11H10ClN3O/c1-15-11(9(12)7-14-15)10(16)6-8-4-2-3-5-13-8/h2-5,7H,6H2,1H3. The fraction of sp³-hybridized carbons (Fsp3) is 0.182. The van der Waals surface area contributed by atoms with Gasteiger partial charge in [0, 0.05) is 18.9 Å². The molecule has 0 aliphatic heterocycles. The fourth-order valence-corrected chi connectivity index (χ4v) is 1.75. The third-order valence-corrected chi connectivity index (χ3v) is 2.50. The number of Topliss-reactive ketones (excluding diaryl/α,β-unsaturated/α-hetero) is 1. The summed E-state index contributed by atoms with van der Waals surface area (Å²) in [6.07, 6.45) is 3.36. The number of pyridine rings is 1. The topological polar surface area (TPSA) is 47.8 Å². The molecule has 2 aromatic rings. The molecule has 16 heavy (non-hydrogen) atoms. The van der Waals surface area contributed by atoms with Crippen LogP contribution in [0.4, 0.5) is 0 Å². The van der Waals surface area contributed by atoms with Gasteiger partial charge in [0.2, 0.25) is 0 Å². The molecule has 2 heterocycles. The summed E-state index contributed by atoms with van der Waals surface area (Å²) < 4.78 is 1.48. The SMILES string of the molecule is Cn1ncc(Cl)c1C(=O)Cc1ccccn1. The van der Waals surface area contributed by atoms with E-state index in [-0.39, 0.29) is 12.2 Å². The molecule has 0 aliphatic rings. The number of hydrogen-bond donors (Lipinski definition) is 0. The Balaban J connectivity index is 2.22. The van der Waals surface area contributed by atoms with Gasteiger partial charge in [-0.15, -0.1) is 0 Å². The first-order valence-corrected chi connectivity index (χ1v) is 5.17. The molecule has 2 rings (SSSR count). The van der Waals surface area contributed by atoms with Crippen molar-refractivity contribution in [2.75, 3.05) is 0 Å². The summed E-state index contributed by atoms with van der Waals surface area (Å²) >= 11 is 5.88. The number of hydrogen-bond acceptors (Lipinski definition) is 3. The average Bonchev–Trinajstić information content (AvgIpc) is 2.60. The Bertz CT molecular complexity index is 488. The first-order valence-electron chi connectivity index (χ1n) is 4.79. The van der Waals surface area contributed by atoms with Gasteiger partial charge in [-0.1, -0.05) is 17.7 Å². The molecule has 0 spiro atoms. The maximum Gasteiger partial charge on any atom is 0.188 e. The molecule has 0 radical (unpaired) electrons. The van der Waals surface area contributed by atoms with Crippen LogP contribution in [0.3, 0.4) is 0 Å². The van der Waals surface area contributed by atoms with E-state index < -0.39 is 0 Å². The molecule has 0 saturated heterocycles. The highest BCUT2D eigenvalue weighted by atomic mass is 35.5. The number of ketones is 1. The van der Waals surface area contributed by atoms with Gasteiger partial charge in [-0.3, -0.25) is 14.5 Å². The second kappa shape index (κ2) is 4.45. The summed E-state index contributed by atoms with van der Waals surface area (Å²) in [4.78, 5) is 16.0. The lowest BCUT2D eigenvalue weighted by atomic mass is 10.1. The second-order valence-corrected chi connectivity index (χ2v) is 3.79. The zero-order chi connectivity index (χ0) is 11.5. The molecule has 0 amide bonds. The van der Waals surface area contributed by atoms with E-state index in [2.05, 4.69) is 10.1 Å². The Labute approximate surface area is 97.9 Å². The van der Waals surface area contributed by atoms with Gasteiger partial charge in [0.15, 0.2) is 5.78 Å². The smallest absolute Gasteiger partial charge is 0.188 e. The second-order valence-electron chi connectivity index (χ2n) is 3.39. The molecule has 0 atom stereocenters. The summed E-state index contributed by atoms with van der Waals surface area (Å²) in [6.45, 7) is 0. The van der Waals surface area contributed by atoms with Crippen LogP contribution in [0.1, 0.15) is 16.2 Å². The van der Waals surface area contributed by atoms with E-state index in [0.29, 0.717) is 10.7 Å². The maximum atomic E-state index is 11.9. The quantitative estimate of drug-likeness (QED) is 0.764. The Kier molecular flexibility index (Phi) is 3.01. The van der Waals surface area contributed by atoms with Crippen LogP contribution < -0.4 is 0 Å². The highest BCUT2D eigenvalue weighted by Gasteiger charge is 2.16. The Morgan fingerprint density at radius 1 is 1.50 bits per heavy atom. The van der Waals surface area contributed by atoms with Gasteiger partial charge in [0.1, 0.15) is 5.69 Å². The predicted molar refractivity (Wildman–Crippen MR) is 60.5 cm³/mol. The van der Waals surface area contributed by atoms with E-state index in [1.54, 1.807) is 13.2 Å². The van der Waals surface area contributed by atoms with E-state index in [4.69, 9.17) is 11.6 Å². The molecular formula is C11H10ClN3O. The summed E-state index contributed by atoms with van der Waals surface area (Å²) in [7, 11) is 1.69. The summed E-state index contributed by atoms with van der Waals surface area (Å²) in [5, 5.41) is 4.30. The average molecular weight is 236 g/mol. The highest BCUT2D eigenvalue weighted by Crippen LogP contribution is 2.16. The van der Waals surface area contributed by atoms with Gasteiger partial charge < -0.3 is 0 Å². The first kappa shape index (κ1) is 10.8. The number of nitrogens with zero attached hydrogens (tertiary/aromatic N) is 3. The molecule has 0 saturated carbocycles. The van der Waals surface area contributed by atoms with Gasteiger partial charge in [-0.05, 0) is 12.1 Å². The minimum absolute atomic E-state index is 0.0799. The summed E-state index contributed by atoms with van der Waals surface area (Å²) in [6, 6.07) is 5.47. The van der Waals surface area contributed by atoms with Crippen LogP contribution in [0.5, 0.6) is 0 Å². The van der Waals surface area contributed by atoms with E-state index >= 15 is 0 Å². The zero-order valence-electron chi connectivity index (χ0n) is 8.72. The number of rotatable bonds is 3. The van der Waals surface area contributed by atoms with Crippen LogP contribution in [0.25, 0.3) is 0 Å². The molecule has 0 fully saturated rings. The summed E-state index contributed by atoms with van der Waals surface area (Å²) in [5.74, 6) is -0.0799. The lowest BCUT2D eigenvalue weighted by Crippen LogP contribution is -2.10. The molecule has 82 valence electrons. The van der Waals surface area contributed by atoms with Crippen molar-refractivity contribution in [1.29, 1.82) is 0 Å². The van der Waals surface area contributed by atoms with Gasteiger partial charge >= 0.3 is 0 Å². The Hall–Kier alpha value is -1.68. The van der Waals surface area contributed by atoms with Gasteiger partial charge in [-0.25, -0.2) is 0 Å². The van der Waals surface area contributed by atoms with E-state index in [1.807, 2.05) is 18.2 Å². The Morgan fingerprint density at radius 3 is 2.88 bits per heavy atom. The number of aromatic nitrogens is 3. The maximum absolute atomic E-state index is 11.9. The number of carbonyl (C=O) groups is 1. The first-order chi connectivity index (χ1) is 7.68. The highest BCUT2D eigenvalue weighted by molar-refractivity contribution is 6.33. The van der Waals surface area contributed by atoms with Crippen LogP contribution in [0.2, 0.25) is 5.02 Å². The molecule has 2 aromatic heterocycles. The lowest BCUT2D eigenvalue weighted by Gasteiger charge is -2.01. The van der Waals surface area contributed by atoms with Gasteiger partial charge in [-0.2, -0.15) is 5.10 Å². The van der Waals surface area contributed by atoms with Crippen molar-refractivity contribution >= 4 is 17.4 Å². The van der Waals surface area contributed by atoms with E-state index in [9.17, 15) is 4.79 Å². The third kappa shape index (κ3) is 2.12. The van der Waals surface area contributed by atoms with E-state index in [0.717, 1.165) is 5.69 Å². The van der Waals surface area contributed by atoms with Crippen LogP contribution in [0.15, 0.2) is 30.6 Å². The predicted octanol–water partition coefficient (Wildman–Crippen LogP) is 1.89. The van der Waals surface area contributed by atoms with Crippen LogP contribution in [-0.4, -0.2) is 20.5 Å². The molecule has 0 aliphatic carbocycles. The fourth-order valence-electron chi connectivity index (χ4n) is 1.48. The van der Waals surface area contributed by atoms with Crippen molar-refractivity contribution in [1.82, 2.24) is 14.8 Å². The van der Waals surface area contributed by atoms with Gasteiger partial charge in [0.05, 0.1) is 17.6 Å². The van der Waals surface area contributed by atoms with Crippen molar-refractivity contribution in [2.24, 2.45) is 7.05 Å². The minimum atomic E-state index is -0.0799. The number of halogens is 1. The third-order valence-electron chi connectivity index (χ3n) is 2.23. The van der Waals surface area contributed by atoms with E-state index in [1.165, 1.54) is 10.9 Å². The molecule has 0 unspecified atom stereocenters. The minimum Gasteiger partial charge on any atom is -0.292 e. The molecule has 0 N–H and O–H groups in total. The largest absolute Gasteiger partial charge is 0.292 e. The van der Waals surface area contributed by atoms with Crippen LogP contribution in [-0.2, 0) is 13.5 Å². The molecule has 4 nitrogen and oxygen atoms in total. The molecule has 5 heteroatoms. The lowest BCUT2D eigenvalue weighted by molar-refractivity contribution is 0.0983. The van der Waals surface area contributed by atoms with Gasteiger partial charge in [0.25, 0.3) is 0 Å². The summed E-state index contributed by atoms with van der Waals surface area (Å²) in [5.41, 5.74) is 1.15. The monoisotopic (exact) mass is 235 g/mol. The van der Waals surface area contributed by atoms with Crippen molar-refractivity contribution in [2.45, 2.75) is 6.42 Å². The number of carbonyl (C=O) groups excluding carboxylic acids is 1. The molecular weight excluding hydrogens is 226 g/mol. The van der Waals surface area contributed by atoms with Crippen molar-refractivity contribution in [3.8, 4) is 0 Å². The zero-order valence-corrected chi connectivity index (χ0v) is 9.48. The van der Waals surface area contributed by atoms with Crippen molar-refractivity contribution in [3.05, 3.63) is 47.0 Å². The van der Waals surface area contributed by atoms with Crippen molar-refractivity contribution in [3.63, 3.8) is 0 Å². The van der Waals surface area contributed by atoms with Crippen molar-refractivity contribution < 1.29 is 4.79 Å². The van der Waals surface area contributed by atoms with Crippen LogP contribution in [0, 0.1) is 0 Å². The van der Waals surface area contributed by atoms with Crippen LogP contribution >= 0.6 is 11.6 Å². The normalized spacial score (nSPS) is 10.4. The Morgan fingerprint density at radius 2 is 2.31 bits per heavy atom. The molecule has 0 aromatic carbocycles. The number of aryl methyl sites for hydroxylation is 1. The molecule has 0 bridgehead atoms.